The first-order valence-electron chi connectivity index (χ1n) is 7.52. The van der Waals surface area contributed by atoms with E-state index in [0.29, 0.717) is 18.0 Å². The molecule has 0 saturated carbocycles. The lowest BCUT2D eigenvalue weighted by atomic mass is 9.92. The Labute approximate surface area is 130 Å². The third-order valence-corrected chi connectivity index (χ3v) is 3.18. The number of hydroxylamine groups is 2. The molecular weight excluding hydrogens is 288 g/mol. The smallest absolute Gasteiger partial charge is 0.333 e. The van der Waals surface area contributed by atoms with Crippen LogP contribution in [0.4, 0.5) is 0 Å². The first-order chi connectivity index (χ1) is 10.2. The Kier molecular flexibility index (Phi) is 6.52. The highest BCUT2D eigenvalue weighted by Crippen LogP contribution is 2.17. The molecule has 1 heterocycles. The molecule has 0 bridgehead atoms. The van der Waals surface area contributed by atoms with Gasteiger partial charge in [-0.25, -0.2) is 4.79 Å². The van der Waals surface area contributed by atoms with Crippen LogP contribution in [0.2, 0.25) is 0 Å². The van der Waals surface area contributed by atoms with Gasteiger partial charge in [-0.3, -0.25) is 14.4 Å². The van der Waals surface area contributed by atoms with Crippen LogP contribution in [-0.2, 0) is 24.0 Å². The number of imide groups is 1. The first-order valence-corrected chi connectivity index (χ1v) is 7.52. The van der Waals surface area contributed by atoms with E-state index in [0.717, 1.165) is 6.42 Å². The van der Waals surface area contributed by atoms with E-state index in [1.807, 2.05) is 0 Å². The molecule has 0 aliphatic carbocycles. The van der Waals surface area contributed by atoms with Crippen molar-refractivity contribution >= 4 is 23.7 Å². The maximum atomic E-state index is 11.6. The molecule has 124 valence electrons. The predicted octanol–water partition coefficient (Wildman–Crippen LogP) is 1.32. The fourth-order valence-electron chi connectivity index (χ4n) is 1.86. The van der Waals surface area contributed by atoms with Crippen molar-refractivity contribution in [2.75, 3.05) is 6.54 Å². The summed E-state index contributed by atoms with van der Waals surface area (Å²) in [6.07, 6.45) is 1.53. The van der Waals surface area contributed by atoms with Crippen LogP contribution < -0.4 is 5.32 Å². The number of hydrogen-bond donors (Lipinski definition) is 1. The van der Waals surface area contributed by atoms with Gasteiger partial charge in [-0.1, -0.05) is 20.8 Å². The molecule has 0 radical (unpaired) electrons. The Bertz CT molecular complexity index is 437. The first kappa shape index (κ1) is 18.1. The number of carbonyl (C=O) groups excluding carboxylic acids is 4. The van der Waals surface area contributed by atoms with Crippen molar-refractivity contribution in [1.82, 2.24) is 10.4 Å². The van der Waals surface area contributed by atoms with Crippen LogP contribution >= 0.6 is 0 Å². The summed E-state index contributed by atoms with van der Waals surface area (Å²) in [6.45, 7) is 6.88. The molecule has 1 saturated heterocycles. The van der Waals surface area contributed by atoms with Gasteiger partial charge in [0.15, 0.2) is 0 Å². The van der Waals surface area contributed by atoms with Gasteiger partial charge in [0.1, 0.15) is 0 Å². The fourth-order valence-corrected chi connectivity index (χ4v) is 1.86. The van der Waals surface area contributed by atoms with Gasteiger partial charge in [-0.2, -0.15) is 0 Å². The van der Waals surface area contributed by atoms with Crippen LogP contribution in [0.15, 0.2) is 0 Å². The van der Waals surface area contributed by atoms with E-state index >= 15 is 0 Å². The van der Waals surface area contributed by atoms with Gasteiger partial charge in [0.25, 0.3) is 11.8 Å². The van der Waals surface area contributed by atoms with Gasteiger partial charge in [0.2, 0.25) is 5.91 Å². The molecule has 7 heteroatoms. The molecule has 3 amide bonds. The van der Waals surface area contributed by atoms with Crippen molar-refractivity contribution in [3.8, 4) is 0 Å². The molecule has 0 aromatic heterocycles. The average Bonchev–Trinajstić information content (AvgIpc) is 2.69. The minimum Gasteiger partial charge on any atom is -0.356 e. The largest absolute Gasteiger partial charge is 0.356 e. The van der Waals surface area contributed by atoms with E-state index in [4.69, 9.17) is 4.84 Å². The van der Waals surface area contributed by atoms with Crippen LogP contribution in [0.3, 0.4) is 0 Å². The van der Waals surface area contributed by atoms with Crippen molar-refractivity contribution in [3.05, 3.63) is 0 Å². The van der Waals surface area contributed by atoms with Crippen LogP contribution in [0.1, 0.15) is 59.3 Å². The molecule has 0 unspecified atom stereocenters. The summed E-state index contributed by atoms with van der Waals surface area (Å²) >= 11 is 0. The number of nitrogens with zero attached hydrogens (tertiary/aromatic N) is 1. The Morgan fingerprint density at radius 1 is 1.14 bits per heavy atom. The molecule has 22 heavy (non-hydrogen) atoms. The van der Waals surface area contributed by atoms with Crippen molar-refractivity contribution < 1.29 is 24.0 Å². The van der Waals surface area contributed by atoms with Crippen LogP contribution in [0, 0.1) is 5.41 Å². The highest BCUT2D eigenvalue weighted by Gasteiger charge is 2.32. The topological polar surface area (TPSA) is 92.8 Å². The Hall–Kier alpha value is -1.92. The Balaban J connectivity index is 2.15. The van der Waals surface area contributed by atoms with Gasteiger partial charge in [0, 0.05) is 32.2 Å². The van der Waals surface area contributed by atoms with Crippen molar-refractivity contribution in [1.29, 1.82) is 0 Å². The molecule has 0 aromatic carbocycles. The molecule has 1 rings (SSSR count). The lowest BCUT2D eigenvalue weighted by Gasteiger charge is -2.18. The summed E-state index contributed by atoms with van der Waals surface area (Å²) in [4.78, 5) is 50.3. The molecule has 1 aliphatic heterocycles. The lowest BCUT2D eigenvalue weighted by Crippen LogP contribution is -2.32. The number of amides is 3. The van der Waals surface area contributed by atoms with Crippen molar-refractivity contribution in [3.63, 3.8) is 0 Å². The number of hydrogen-bond acceptors (Lipinski definition) is 5. The van der Waals surface area contributed by atoms with E-state index in [2.05, 4.69) is 26.1 Å². The third-order valence-electron chi connectivity index (χ3n) is 3.18. The quantitative estimate of drug-likeness (QED) is 0.716. The monoisotopic (exact) mass is 312 g/mol. The second-order valence-corrected chi connectivity index (χ2v) is 6.56. The maximum absolute atomic E-state index is 11.6. The zero-order chi connectivity index (χ0) is 16.8. The van der Waals surface area contributed by atoms with E-state index in [9.17, 15) is 19.2 Å². The number of rotatable bonds is 7. The normalized spacial score (nSPS) is 15.1. The van der Waals surface area contributed by atoms with Gasteiger partial charge in [-0.05, 0) is 18.3 Å². The van der Waals surface area contributed by atoms with E-state index < -0.39 is 17.8 Å². The van der Waals surface area contributed by atoms with Gasteiger partial charge in [-0.15, -0.1) is 5.06 Å². The second kappa shape index (κ2) is 7.91. The van der Waals surface area contributed by atoms with Gasteiger partial charge < -0.3 is 10.2 Å². The van der Waals surface area contributed by atoms with E-state index in [-0.39, 0.29) is 37.0 Å². The van der Waals surface area contributed by atoms with Crippen molar-refractivity contribution in [2.24, 2.45) is 5.41 Å². The number of carbonyl (C=O) groups is 4. The summed E-state index contributed by atoms with van der Waals surface area (Å²) in [6, 6.07) is 0. The highest BCUT2D eigenvalue weighted by atomic mass is 16.7. The second-order valence-electron chi connectivity index (χ2n) is 6.56. The summed E-state index contributed by atoms with van der Waals surface area (Å²) in [5.74, 6) is -1.80. The maximum Gasteiger partial charge on any atom is 0.333 e. The van der Waals surface area contributed by atoms with Gasteiger partial charge >= 0.3 is 5.97 Å². The van der Waals surface area contributed by atoms with Crippen LogP contribution in [0.5, 0.6) is 0 Å². The molecular formula is C15H24N2O5. The molecule has 7 nitrogen and oxygen atoms in total. The minimum atomic E-state index is -0.675. The molecule has 0 spiro atoms. The summed E-state index contributed by atoms with van der Waals surface area (Å²) in [5, 5.41) is 3.31. The average molecular weight is 312 g/mol. The molecule has 1 fully saturated rings. The number of nitrogens with one attached hydrogen (secondary N) is 1. The zero-order valence-corrected chi connectivity index (χ0v) is 13.4. The molecule has 1 N–H and O–H groups in total. The predicted molar refractivity (Wildman–Crippen MR) is 78.1 cm³/mol. The zero-order valence-electron chi connectivity index (χ0n) is 13.4. The molecule has 1 aliphatic rings. The summed E-state index contributed by atoms with van der Waals surface area (Å²) in [5.41, 5.74) is 0.159. The molecule has 0 aromatic rings. The lowest BCUT2D eigenvalue weighted by molar-refractivity contribution is -0.197. The summed E-state index contributed by atoms with van der Waals surface area (Å²) < 4.78 is 0. The van der Waals surface area contributed by atoms with Crippen molar-refractivity contribution in [2.45, 2.75) is 59.3 Å². The van der Waals surface area contributed by atoms with Crippen LogP contribution in [-0.4, -0.2) is 35.3 Å². The highest BCUT2D eigenvalue weighted by molar-refractivity contribution is 6.01. The molecule has 0 atom stereocenters. The van der Waals surface area contributed by atoms with E-state index in [1.54, 1.807) is 0 Å². The third kappa shape index (κ3) is 6.69. The van der Waals surface area contributed by atoms with E-state index in [1.165, 1.54) is 0 Å². The van der Waals surface area contributed by atoms with Crippen LogP contribution in [0.25, 0.3) is 0 Å². The standard InChI is InChI=1S/C15H24N2O5/c1-15(2,3)9-10-16-11(18)5-4-6-14(21)22-17-12(19)7-8-13(17)20/h4-10H2,1-3H3,(H,16,18). The Morgan fingerprint density at radius 3 is 2.27 bits per heavy atom. The Morgan fingerprint density at radius 2 is 1.73 bits per heavy atom. The minimum absolute atomic E-state index is 0.0102. The summed E-state index contributed by atoms with van der Waals surface area (Å²) in [7, 11) is 0. The fraction of sp³-hybridized carbons (Fsp3) is 0.733. The van der Waals surface area contributed by atoms with Gasteiger partial charge in [0.05, 0.1) is 0 Å². The SMILES string of the molecule is CC(C)(C)CCNC(=O)CCCC(=O)ON1C(=O)CCC1=O.